The number of carboxylic acid groups (broad SMARTS) is 1. The number of aryl methyl sites for hydroxylation is 1. The molecule has 0 saturated carbocycles. The summed E-state index contributed by atoms with van der Waals surface area (Å²) in [6.07, 6.45) is -0.141. The molecule has 0 unspecified atom stereocenters. The normalized spacial score (nSPS) is 10.0. The van der Waals surface area contributed by atoms with Gasteiger partial charge in [-0.3, -0.25) is 14.9 Å². The van der Waals surface area contributed by atoms with Crippen molar-refractivity contribution in [2.24, 2.45) is 0 Å². The molecule has 5 nitrogen and oxygen atoms in total. The lowest BCUT2D eigenvalue weighted by Crippen LogP contribution is -2.02. The van der Waals surface area contributed by atoms with Crippen molar-refractivity contribution in [2.45, 2.75) is 13.3 Å². The number of benzene rings is 1. The minimum Gasteiger partial charge on any atom is -0.481 e. The molecule has 15 heavy (non-hydrogen) atoms. The number of rotatable bonds is 3. The first-order valence-electron chi connectivity index (χ1n) is 4.07. The minimum absolute atomic E-state index is 0.0239. The Balaban J connectivity index is 3.19. The molecule has 0 saturated heterocycles. The minimum atomic E-state index is -0.963. The number of nitro benzene ring substituents is 1. The molecular formula is C9H8BrNO4. The summed E-state index contributed by atoms with van der Waals surface area (Å²) in [5.74, 6) is -0.963. The van der Waals surface area contributed by atoms with Crippen molar-refractivity contribution in [3.8, 4) is 0 Å². The molecule has 1 aromatic rings. The summed E-state index contributed by atoms with van der Waals surface area (Å²) in [5.41, 5.74) is 0.965. The predicted octanol–water partition coefficient (Wildman–Crippen LogP) is 2.29. The van der Waals surface area contributed by atoms with E-state index in [0.717, 1.165) is 0 Å². The number of hydrogen-bond acceptors (Lipinski definition) is 3. The number of halogens is 1. The van der Waals surface area contributed by atoms with Gasteiger partial charge in [0, 0.05) is 5.56 Å². The van der Waals surface area contributed by atoms with Crippen molar-refractivity contribution in [1.82, 2.24) is 0 Å². The molecule has 0 bridgehead atoms. The summed E-state index contributed by atoms with van der Waals surface area (Å²) in [5, 5.41) is 19.2. The van der Waals surface area contributed by atoms with Crippen LogP contribution in [0.15, 0.2) is 16.6 Å². The number of aliphatic carboxylic acids is 1. The molecule has 1 aromatic carbocycles. The smallest absolute Gasteiger partial charge is 0.307 e. The summed E-state index contributed by atoms with van der Waals surface area (Å²) >= 11 is 3.05. The molecule has 1 N–H and O–H groups in total. The van der Waals surface area contributed by atoms with E-state index in [4.69, 9.17) is 5.11 Å². The van der Waals surface area contributed by atoms with Gasteiger partial charge in [-0.05, 0) is 40.5 Å². The highest BCUT2D eigenvalue weighted by atomic mass is 79.9. The maximum Gasteiger partial charge on any atom is 0.307 e. The van der Waals surface area contributed by atoms with E-state index in [0.29, 0.717) is 15.6 Å². The second-order valence-corrected chi connectivity index (χ2v) is 3.93. The summed E-state index contributed by atoms with van der Waals surface area (Å²) in [4.78, 5) is 20.6. The number of nitrogens with zero attached hydrogens (tertiary/aromatic N) is 1. The maximum atomic E-state index is 10.6. The first kappa shape index (κ1) is 11.6. The van der Waals surface area contributed by atoms with Crippen LogP contribution in [0.3, 0.4) is 0 Å². The van der Waals surface area contributed by atoms with E-state index >= 15 is 0 Å². The molecule has 0 aliphatic rings. The van der Waals surface area contributed by atoms with E-state index in [1.807, 2.05) is 0 Å². The Morgan fingerprint density at radius 2 is 2.20 bits per heavy atom. The Kier molecular flexibility index (Phi) is 3.41. The van der Waals surface area contributed by atoms with Gasteiger partial charge in [-0.1, -0.05) is 0 Å². The van der Waals surface area contributed by atoms with Crippen molar-refractivity contribution in [1.29, 1.82) is 0 Å². The average molecular weight is 274 g/mol. The highest BCUT2D eigenvalue weighted by Gasteiger charge is 2.17. The third kappa shape index (κ3) is 2.76. The van der Waals surface area contributed by atoms with E-state index in [9.17, 15) is 14.9 Å². The number of carboxylic acids is 1. The van der Waals surface area contributed by atoms with Crippen LogP contribution in [0.2, 0.25) is 0 Å². The maximum absolute atomic E-state index is 10.6. The second kappa shape index (κ2) is 4.39. The lowest BCUT2D eigenvalue weighted by Gasteiger charge is -2.03. The molecule has 0 amide bonds. The van der Waals surface area contributed by atoms with Crippen LogP contribution in [-0.2, 0) is 11.2 Å². The summed E-state index contributed by atoms with van der Waals surface area (Å²) in [7, 11) is 0. The van der Waals surface area contributed by atoms with Gasteiger partial charge in [0.2, 0.25) is 0 Å². The van der Waals surface area contributed by atoms with Gasteiger partial charge in [-0.15, -0.1) is 0 Å². The summed E-state index contributed by atoms with van der Waals surface area (Å²) < 4.78 is 0.309. The van der Waals surface area contributed by atoms with Gasteiger partial charge >= 0.3 is 5.97 Å². The van der Waals surface area contributed by atoms with E-state index in [1.54, 1.807) is 6.92 Å². The fourth-order valence-corrected chi connectivity index (χ4v) is 2.07. The van der Waals surface area contributed by atoms with Crippen LogP contribution >= 0.6 is 15.9 Å². The van der Waals surface area contributed by atoms with Crippen LogP contribution in [0.25, 0.3) is 0 Å². The van der Waals surface area contributed by atoms with Crippen molar-refractivity contribution in [3.05, 3.63) is 37.8 Å². The van der Waals surface area contributed by atoms with Gasteiger partial charge in [0.15, 0.2) is 0 Å². The molecule has 0 radical (unpaired) electrons. The van der Waals surface area contributed by atoms with Gasteiger partial charge < -0.3 is 5.11 Å². The zero-order chi connectivity index (χ0) is 11.6. The molecule has 0 aliphatic heterocycles. The molecule has 0 aliphatic carbocycles. The quantitative estimate of drug-likeness (QED) is 0.677. The van der Waals surface area contributed by atoms with Crippen molar-refractivity contribution in [2.75, 3.05) is 0 Å². The lowest BCUT2D eigenvalue weighted by atomic mass is 10.1. The Bertz CT molecular complexity index is 407. The third-order valence-electron chi connectivity index (χ3n) is 1.85. The molecule has 0 fully saturated rings. The zero-order valence-electron chi connectivity index (χ0n) is 7.86. The molecule has 0 atom stereocenters. The highest BCUT2D eigenvalue weighted by molar-refractivity contribution is 9.10. The number of carbonyl (C=O) groups is 1. The van der Waals surface area contributed by atoms with Crippen LogP contribution < -0.4 is 0 Å². The molecule has 0 aromatic heterocycles. The summed E-state index contributed by atoms with van der Waals surface area (Å²) in [6.45, 7) is 1.58. The van der Waals surface area contributed by atoms with Crippen molar-refractivity contribution >= 4 is 27.6 Å². The van der Waals surface area contributed by atoms with Gasteiger partial charge in [0.05, 0.1) is 15.8 Å². The van der Waals surface area contributed by atoms with Crippen LogP contribution in [0.4, 0.5) is 5.69 Å². The lowest BCUT2D eigenvalue weighted by molar-refractivity contribution is -0.386. The van der Waals surface area contributed by atoms with Crippen LogP contribution in [0.1, 0.15) is 11.1 Å². The first-order chi connectivity index (χ1) is 6.91. The van der Waals surface area contributed by atoms with E-state index in [1.165, 1.54) is 12.1 Å². The topological polar surface area (TPSA) is 80.4 Å². The van der Waals surface area contributed by atoms with Gasteiger partial charge in [-0.25, -0.2) is 0 Å². The van der Waals surface area contributed by atoms with Gasteiger partial charge in [-0.2, -0.15) is 0 Å². The molecular weight excluding hydrogens is 266 g/mol. The molecule has 1 rings (SSSR count). The standard InChI is InChI=1S/C9H8BrNO4/c1-5-2-6(4-8(12)13)3-7(10)9(5)11(14)15/h2-3H,4H2,1H3,(H,12,13). The zero-order valence-corrected chi connectivity index (χ0v) is 9.44. The third-order valence-corrected chi connectivity index (χ3v) is 2.46. The number of nitro groups is 1. The number of hydrogen-bond donors (Lipinski definition) is 1. The monoisotopic (exact) mass is 273 g/mol. The van der Waals surface area contributed by atoms with E-state index < -0.39 is 10.9 Å². The molecule has 0 spiro atoms. The molecule has 80 valence electrons. The largest absolute Gasteiger partial charge is 0.481 e. The Morgan fingerprint density at radius 3 is 2.60 bits per heavy atom. The average Bonchev–Trinajstić information content (AvgIpc) is 1.99. The second-order valence-electron chi connectivity index (χ2n) is 3.07. The Hall–Kier alpha value is -1.43. The van der Waals surface area contributed by atoms with Crippen LogP contribution in [0, 0.1) is 17.0 Å². The Morgan fingerprint density at radius 1 is 1.60 bits per heavy atom. The molecule has 6 heteroatoms. The van der Waals surface area contributed by atoms with Gasteiger partial charge in [0.25, 0.3) is 5.69 Å². The Labute approximate surface area is 94.0 Å². The van der Waals surface area contributed by atoms with Crippen molar-refractivity contribution in [3.63, 3.8) is 0 Å². The molecule has 0 heterocycles. The van der Waals surface area contributed by atoms with Crippen molar-refractivity contribution < 1.29 is 14.8 Å². The van der Waals surface area contributed by atoms with E-state index in [2.05, 4.69) is 15.9 Å². The summed E-state index contributed by atoms with van der Waals surface area (Å²) in [6, 6.07) is 2.97. The SMILES string of the molecule is Cc1cc(CC(=O)O)cc(Br)c1[N+](=O)[O-]. The van der Waals surface area contributed by atoms with Crippen LogP contribution in [-0.4, -0.2) is 16.0 Å². The highest BCUT2D eigenvalue weighted by Crippen LogP contribution is 2.29. The van der Waals surface area contributed by atoms with Crippen LogP contribution in [0.5, 0.6) is 0 Å². The fourth-order valence-electron chi connectivity index (χ4n) is 1.32. The van der Waals surface area contributed by atoms with Gasteiger partial charge in [0.1, 0.15) is 0 Å². The predicted molar refractivity (Wildman–Crippen MR) is 56.9 cm³/mol. The first-order valence-corrected chi connectivity index (χ1v) is 4.86. The van der Waals surface area contributed by atoms with E-state index in [-0.39, 0.29) is 12.1 Å². The fraction of sp³-hybridized carbons (Fsp3) is 0.222.